The third-order valence-electron chi connectivity index (χ3n) is 3.78. The van der Waals surface area contributed by atoms with E-state index in [9.17, 15) is 14.9 Å². The summed E-state index contributed by atoms with van der Waals surface area (Å²) in [5, 5.41) is 14.9. The standard InChI is InChI=1S/C19H16N6O6/c1-29-16-10-17(30-2)23-19(22-16)31-15-8-5-9-20-13(15)11-21-24-18(26)12-6-3-4-7-14(12)25(27)28/h3-11H,1-2H3,(H,24,26)/b21-11+. The van der Waals surface area contributed by atoms with E-state index in [0.717, 1.165) is 0 Å². The molecule has 158 valence electrons. The fraction of sp³-hybridized carbons (Fsp3) is 0.105. The van der Waals surface area contributed by atoms with E-state index in [2.05, 4.69) is 25.5 Å². The van der Waals surface area contributed by atoms with E-state index < -0.39 is 10.8 Å². The van der Waals surface area contributed by atoms with Crippen molar-refractivity contribution in [3.8, 4) is 23.5 Å². The van der Waals surface area contributed by atoms with Gasteiger partial charge >= 0.3 is 6.01 Å². The number of hydrazone groups is 1. The lowest BCUT2D eigenvalue weighted by atomic mass is 10.2. The van der Waals surface area contributed by atoms with Crippen LogP contribution >= 0.6 is 0 Å². The Morgan fingerprint density at radius 3 is 2.52 bits per heavy atom. The molecule has 0 aliphatic rings. The van der Waals surface area contributed by atoms with Gasteiger partial charge < -0.3 is 14.2 Å². The molecule has 0 saturated heterocycles. The van der Waals surface area contributed by atoms with Gasteiger partial charge in [0.1, 0.15) is 11.3 Å². The van der Waals surface area contributed by atoms with Crippen molar-refractivity contribution in [2.24, 2.45) is 5.10 Å². The monoisotopic (exact) mass is 424 g/mol. The number of nitrogens with one attached hydrogen (secondary N) is 1. The molecule has 0 spiro atoms. The second kappa shape index (κ2) is 9.73. The highest BCUT2D eigenvalue weighted by Crippen LogP contribution is 2.24. The Hall–Kier alpha value is -4.61. The molecule has 2 aromatic heterocycles. The van der Waals surface area contributed by atoms with Crippen molar-refractivity contribution in [2.75, 3.05) is 14.2 Å². The maximum absolute atomic E-state index is 12.2. The van der Waals surface area contributed by atoms with Crippen LogP contribution in [0.5, 0.6) is 23.5 Å². The number of carbonyl (C=O) groups is 1. The van der Waals surface area contributed by atoms with E-state index in [1.807, 2.05) is 0 Å². The van der Waals surface area contributed by atoms with Crippen LogP contribution in [0.15, 0.2) is 53.8 Å². The van der Waals surface area contributed by atoms with Gasteiger partial charge in [0.25, 0.3) is 11.6 Å². The van der Waals surface area contributed by atoms with Crippen LogP contribution in [0.2, 0.25) is 0 Å². The first-order valence-corrected chi connectivity index (χ1v) is 8.68. The van der Waals surface area contributed by atoms with E-state index in [0.29, 0.717) is 0 Å². The number of nitrogens with zero attached hydrogens (tertiary/aromatic N) is 5. The quantitative estimate of drug-likeness (QED) is 0.326. The molecule has 0 fully saturated rings. The number of para-hydroxylation sites is 1. The lowest BCUT2D eigenvalue weighted by Gasteiger charge is -2.08. The Labute approximate surface area is 175 Å². The number of methoxy groups -OCH3 is 2. The Morgan fingerprint density at radius 1 is 1.13 bits per heavy atom. The van der Waals surface area contributed by atoms with E-state index in [1.54, 1.807) is 12.1 Å². The summed E-state index contributed by atoms with van der Waals surface area (Å²) in [6.45, 7) is 0. The van der Waals surface area contributed by atoms with Gasteiger partial charge in [0, 0.05) is 12.3 Å². The zero-order valence-corrected chi connectivity index (χ0v) is 16.4. The number of hydrogen-bond donors (Lipinski definition) is 1. The number of aromatic nitrogens is 3. The molecule has 0 radical (unpaired) electrons. The molecule has 12 heteroatoms. The highest BCUT2D eigenvalue weighted by atomic mass is 16.6. The molecular weight excluding hydrogens is 408 g/mol. The second-order valence-corrected chi connectivity index (χ2v) is 5.70. The molecule has 1 aromatic carbocycles. The van der Waals surface area contributed by atoms with Gasteiger partial charge in [-0.1, -0.05) is 12.1 Å². The topological polar surface area (TPSA) is 151 Å². The van der Waals surface area contributed by atoms with Crippen LogP contribution in [0, 0.1) is 10.1 Å². The van der Waals surface area contributed by atoms with Crippen LogP contribution < -0.4 is 19.6 Å². The molecule has 0 saturated carbocycles. The Bertz CT molecular complexity index is 1110. The summed E-state index contributed by atoms with van der Waals surface area (Å²) in [4.78, 5) is 34.9. The van der Waals surface area contributed by atoms with Crippen LogP contribution in [0.4, 0.5) is 5.69 Å². The Morgan fingerprint density at radius 2 is 1.84 bits per heavy atom. The fourth-order valence-electron chi connectivity index (χ4n) is 2.36. The number of benzene rings is 1. The summed E-state index contributed by atoms with van der Waals surface area (Å²) in [7, 11) is 2.88. The number of rotatable bonds is 8. The number of hydrogen-bond acceptors (Lipinski definition) is 10. The molecule has 31 heavy (non-hydrogen) atoms. The molecule has 2 heterocycles. The molecule has 0 bridgehead atoms. The average molecular weight is 424 g/mol. The van der Waals surface area contributed by atoms with Gasteiger partial charge in [0.05, 0.1) is 31.4 Å². The van der Waals surface area contributed by atoms with Gasteiger partial charge in [0.2, 0.25) is 11.8 Å². The summed E-state index contributed by atoms with van der Waals surface area (Å²) in [6.07, 6.45) is 2.71. The maximum atomic E-state index is 12.2. The van der Waals surface area contributed by atoms with E-state index in [-0.39, 0.29) is 40.5 Å². The smallest absolute Gasteiger partial charge is 0.328 e. The molecule has 3 rings (SSSR count). The minimum absolute atomic E-state index is 0.0530. The van der Waals surface area contributed by atoms with Crippen LogP contribution in [-0.2, 0) is 0 Å². The van der Waals surface area contributed by atoms with Crippen molar-refractivity contribution in [2.45, 2.75) is 0 Å². The second-order valence-electron chi connectivity index (χ2n) is 5.70. The first kappa shape index (κ1) is 21.1. The van der Waals surface area contributed by atoms with Crippen LogP contribution in [0.3, 0.4) is 0 Å². The van der Waals surface area contributed by atoms with Gasteiger partial charge in [0.15, 0.2) is 5.75 Å². The van der Waals surface area contributed by atoms with Gasteiger partial charge in [-0.05, 0) is 18.2 Å². The normalized spacial score (nSPS) is 10.5. The number of carbonyl (C=O) groups excluding carboxylic acids is 1. The van der Waals surface area contributed by atoms with E-state index in [4.69, 9.17) is 14.2 Å². The molecule has 0 unspecified atom stereocenters. The highest BCUT2D eigenvalue weighted by molar-refractivity contribution is 5.98. The third-order valence-corrected chi connectivity index (χ3v) is 3.78. The van der Waals surface area contributed by atoms with E-state index in [1.165, 1.54) is 57.0 Å². The van der Waals surface area contributed by atoms with Gasteiger partial charge in [-0.3, -0.25) is 19.9 Å². The maximum Gasteiger partial charge on any atom is 0.328 e. The molecule has 0 aliphatic carbocycles. The van der Waals surface area contributed by atoms with Crippen molar-refractivity contribution in [3.05, 3.63) is 70.0 Å². The van der Waals surface area contributed by atoms with Gasteiger partial charge in [-0.15, -0.1) is 0 Å². The SMILES string of the molecule is COc1cc(OC)nc(Oc2cccnc2/C=N/NC(=O)c2ccccc2[N+](=O)[O-])n1. The lowest BCUT2D eigenvalue weighted by Crippen LogP contribution is -2.19. The first-order valence-electron chi connectivity index (χ1n) is 8.68. The molecular formula is C19H16N6O6. The molecule has 1 N–H and O–H groups in total. The molecule has 1 amide bonds. The van der Waals surface area contributed by atoms with Crippen molar-refractivity contribution in [3.63, 3.8) is 0 Å². The van der Waals surface area contributed by atoms with Crippen molar-refractivity contribution in [1.82, 2.24) is 20.4 Å². The van der Waals surface area contributed by atoms with Crippen LogP contribution in [-0.4, -0.2) is 46.2 Å². The zero-order chi connectivity index (χ0) is 22.2. The van der Waals surface area contributed by atoms with Crippen molar-refractivity contribution < 1.29 is 23.9 Å². The minimum atomic E-state index is -0.747. The number of ether oxygens (including phenoxy) is 3. The summed E-state index contributed by atoms with van der Waals surface area (Å²) < 4.78 is 15.8. The number of nitro groups is 1. The van der Waals surface area contributed by atoms with Crippen LogP contribution in [0.1, 0.15) is 16.1 Å². The average Bonchev–Trinajstić information content (AvgIpc) is 2.79. The lowest BCUT2D eigenvalue weighted by molar-refractivity contribution is -0.385. The minimum Gasteiger partial charge on any atom is -0.481 e. The zero-order valence-electron chi connectivity index (χ0n) is 16.4. The predicted molar refractivity (Wildman–Crippen MR) is 108 cm³/mol. The molecule has 12 nitrogen and oxygen atoms in total. The Kier molecular flexibility index (Phi) is 6.63. The van der Waals surface area contributed by atoms with Crippen molar-refractivity contribution in [1.29, 1.82) is 0 Å². The summed E-state index contributed by atoms with van der Waals surface area (Å²) in [5.41, 5.74) is 2.02. The molecule has 0 atom stereocenters. The van der Waals surface area contributed by atoms with Gasteiger partial charge in [-0.25, -0.2) is 5.43 Å². The summed E-state index contributed by atoms with van der Waals surface area (Å²) in [6, 6.07) is 10.2. The fourth-order valence-corrected chi connectivity index (χ4v) is 2.36. The molecule has 3 aromatic rings. The third kappa shape index (κ3) is 5.26. The predicted octanol–water partition coefficient (Wildman–Crippen LogP) is 2.35. The van der Waals surface area contributed by atoms with Gasteiger partial charge in [-0.2, -0.15) is 15.1 Å². The van der Waals surface area contributed by atoms with Crippen molar-refractivity contribution >= 4 is 17.8 Å². The summed E-state index contributed by atoms with van der Waals surface area (Å²) >= 11 is 0. The Balaban J connectivity index is 1.78. The highest BCUT2D eigenvalue weighted by Gasteiger charge is 2.18. The number of pyridine rings is 1. The first-order chi connectivity index (χ1) is 15.0. The summed E-state index contributed by atoms with van der Waals surface area (Å²) in [5.74, 6) is -0.0420. The van der Waals surface area contributed by atoms with E-state index >= 15 is 0 Å². The van der Waals surface area contributed by atoms with Crippen LogP contribution in [0.25, 0.3) is 0 Å². The number of nitro benzene ring substituents is 1. The largest absolute Gasteiger partial charge is 0.481 e. The number of amides is 1. The molecule has 0 aliphatic heterocycles.